The number of carbonyl (C=O) groups is 2. The van der Waals surface area contributed by atoms with Crippen molar-refractivity contribution < 1.29 is 14.0 Å². The number of halogens is 1. The van der Waals surface area contributed by atoms with Gasteiger partial charge in [-0.3, -0.25) is 14.5 Å². The van der Waals surface area contributed by atoms with Crippen LogP contribution in [0.15, 0.2) is 18.2 Å². The molecule has 0 saturated carbocycles. The van der Waals surface area contributed by atoms with Crippen LogP contribution in [0.1, 0.15) is 42.6 Å². The van der Waals surface area contributed by atoms with Crippen LogP contribution in [-0.2, 0) is 4.79 Å². The van der Waals surface area contributed by atoms with E-state index in [4.69, 9.17) is 0 Å². The van der Waals surface area contributed by atoms with Crippen LogP contribution >= 0.6 is 0 Å². The lowest BCUT2D eigenvalue weighted by molar-refractivity contribution is -0.132. The maximum absolute atomic E-state index is 13.7. The smallest absolute Gasteiger partial charge is 0.254 e. The molecule has 26 heavy (non-hydrogen) atoms. The van der Waals surface area contributed by atoms with Crippen LogP contribution in [0.5, 0.6) is 0 Å². The molecule has 2 amide bonds. The monoisotopic (exact) mass is 363 g/mol. The third kappa shape index (κ3) is 5.27. The van der Waals surface area contributed by atoms with Gasteiger partial charge >= 0.3 is 0 Å². The minimum atomic E-state index is -0.355. The fraction of sp³-hybridized carbons (Fsp3) is 0.600. The Bertz CT molecular complexity index is 621. The van der Waals surface area contributed by atoms with Crippen molar-refractivity contribution in [2.75, 3.05) is 45.8 Å². The SMILES string of the molecule is CCCN(CCC)C(=O)CN1CCN(C(=O)c2ccc(C)c(F)c2)CC1. The molecule has 0 bridgehead atoms. The summed E-state index contributed by atoms with van der Waals surface area (Å²) in [5.74, 6) is -0.338. The zero-order chi connectivity index (χ0) is 19.1. The van der Waals surface area contributed by atoms with Gasteiger partial charge in [0.1, 0.15) is 5.82 Å². The minimum absolute atomic E-state index is 0.145. The summed E-state index contributed by atoms with van der Waals surface area (Å²) in [7, 11) is 0. The predicted octanol–water partition coefficient (Wildman–Crippen LogP) is 2.54. The Kier molecular flexibility index (Phi) is 7.57. The average molecular weight is 363 g/mol. The number of hydrogen-bond acceptors (Lipinski definition) is 3. The number of nitrogens with zero attached hydrogens (tertiary/aromatic N) is 3. The quantitative estimate of drug-likeness (QED) is 0.748. The predicted molar refractivity (Wildman–Crippen MR) is 101 cm³/mol. The lowest BCUT2D eigenvalue weighted by Gasteiger charge is -2.35. The molecule has 6 heteroatoms. The van der Waals surface area contributed by atoms with Crippen LogP contribution < -0.4 is 0 Å². The van der Waals surface area contributed by atoms with Crippen LogP contribution in [0, 0.1) is 12.7 Å². The molecule has 0 N–H and O–H groups in total. The van der Waals surface area contributed by atoms with Gasteiger partial charge in [0.25, 0.3) is 5.91 Å². The summed E-state index contributed by atoms with van der Waals surface area (Å²) in [6.07, 6.45) is 1.92. The van der Waals surface area contributed by atoms with E-state index in [0.717, 1.165) is 25.9 Å². The molecule has 1 heterocycles. The van der Waals surface area contributed by atoms with Crippen molar-refractivity contribution in [2.45, 2.75) is 33.6 Å². The van der Waals surface area contributed by atoms with Crippen molar-refractivity contribution in [3.05, 3.63) is 35.1 Å². The van der Waals surface area contributed by atoms with Crippen molar-refractivity contribution in [3.63, 3.8) is 0 Å². The zero-order valence-electron chi connectivity index (χ0n) is 16.1. The van der Waals surface area contributed by atoms with Crippen molar-refractivity contribution in [2.24, 2.45) is 0 Å². The van der Waals surface area contributed by atoms with Gasteiger partial charge in [0.15, 0.2) is 0 Å². The summed E-state index contributed by atoms with van der Waals surface area (Å²) in [5.41, 5.74) is 0.920. The van der Waals surface area contributed by atoms with E-state index >= 15 is 0 Å². The van der Waals surface area contributed by atoms with Gasteiger partial charge in [-0.15, -0.1) is 0 Å². The number of rotatable bonds is 7. The summed E-state index contributed by atoms with van der Waals surface area (Å²) in [5, 5.41) is 0. The van der Waals surface area contributed by atoms with Gasteiger partial charge < -0.3 is 9.80 Å². The molecule has 0 atom stereocenters. The first-order chi connectivity index (χ1) is 12.5. The second-order valence-electron chi connectivity index (χ2n) is 6.91. The van der Waals surface area contributed by atoms with Crippen molar-refractivity contribution in [1.29, 1.82) is 0 Å². The first-order valence-corrected chi connectivity index (χ1v) is 9.51. The molecule has 0 unspecified atom stereocenters. The molecule has 1 aliphatic heterocycles. The van der Waals surface area contributed by atoms with E-state index in [9.17, 15) is 14.0 Å². The van der Waals surface area contributed by atoms with E-state index in [1.54, 1.807) is 24.0 Å². The number of piperazine rings is 1. The molecular formula is C20H30FN3O2. The van der Waals surface area contributed by atoms with Crippen molar-refractivity contribution >= 4 is 11.8 Å². The maximum Gasteiger partial charge on any atom is 0.254 e. The third-order valence-corrected chi connectivity index (χ3v) is 4.78. The van der Waals surface area contributed by atoms with E-state index in [2.05, 4.69) is 18.7 Å². The fourth-order valence-corrected chi connectivity index (χ4v) is 3.21. The van der Waals surface area contributed by atoms with Gasteiger partial charge in [-0.2, -0.15) is 0 Å². The minimum Gasteiger partial charge on any atom is -0.342 e. The van der Waals surface area contributed by atoms with Gasteiger partial charge in [0, 0.05) is 44.8 Å². The Morgan fingerprint density at radius 3 is 2.23 bits per heavy atom. The van der Waals surface area contributed by atoms with Crippen molar-refractivity contribution in [1.82, 2.24) is 14.7 Å². The molecular weight excluding hydrogens is 333 g/mol. The Morgan fingerprint density at radius 2 is 1.69 bits per heavy atom. The summed E-state index contributed by atoms with van der Waals surface area (Å²) in [6, 6.07) is 4.61. The highest BCUT2D eigenvalue weighted by molar-refractivity contribution is 5.94. The van der Waals surface area contributed by atoms with Crippen LogP contribution in [0.25, 0.3) is 0 Å². The largest absolute Gasteiger partial charge is 0.342 e. The first-order valence-electron chi connectivity index (χ1n) is 9.51. The summed E-state index contributed by atoms with van der Waals surface area (Å²) >= 11 is 0. The highest BCUT2D eigenvalue weighted by Crippen LogP contribution is 2.13. The van der Waals surface area contributed by atoms with Crippen LogP contribution in [0.4, 0.5) is 4.39 Å². The number of amides is 2. The second kappa shape index (κ2) is 9.67. The normalized spacial score (nSPS) is 15.2. The number of carbonyl (C=O) groups excluding carboxylic acids is 2. The van der Waals surface area contributed by atoms with Gasteiger partial charge in [0.05, 0.1) is 6.54 Å². The summed E-state index contributed by atoms with van der Waals surface area (Å²) in [4.78, 5) is 30.8. The Balaban J connectivity index is 1.87. The molecule has 0 aliphatic carbocycles. The van der Waals surface area contributed by atoms with E-state index < -0.39 is 0 Å². The molecule has 5 nitrogen and oxygen atoms in total. The topological polar surface area (TPSA) is 43.9 Å². The Hall–Kier alpha value is -1.95. The zero-order valence-corrected chi connectivity index (χ0v) is 16.1. The van der Waals surface area contributed by atoms with Crippen LogP contribution in [0.3, 0.4) is 0 Å². The molecule has 1 aromatic carbocycles. The van der Waals surface area contributed by atoms with Gasteiger partial charge in [0.2, 0.25) is 5.91 Å². The highest BCUT2D eigenvalue weighted by atomic mass is 19.1. The molecule has 0 radical (unpaired) electrons. The number of aryl methyl sites for hydroxylation is 1. The fourth-order valence-electron chi connectivity index (χ4n) is 3.21. The van der Waals surface area contributed by atoms with Crippen LogP contribution in [-0.4, -0.2) is 72.3 Å². The molecule has 144 valence electrons. The average Bonchev–Trinajstić information content (AvgIpc) is 2.64. The maximum atomic E-state index is 13.7. The van der Waals surface area contributed by atoms with E-state index in [-0.39, 0.29) is 17.6 Å². The summed E-state index contributed by atoms with van der Waals surface area (Å²) in [6.45, 7) is 10.3. The Labute approximate surface area is 155 Å². The second-order valence-corrected chi connectivity index (χ2v) is 6.91. The molecule has 0 spiro atoms. The van der Waals surface area contributed by atoms with Crippen LogP contribution in [0.2, 0.25) is 0 Å². The van der Waals surface area contributed by atoms with Crippen molar-refractivity contribution in [3.8, 4) is 0 Å². The molecule has 1 aromatic rings. The third-order valence-electron chi connectivity index (χ3n) is 4.78. The van der Waals surface area contributed by atoms with E-state index in [0.29, 0.717) is 43.9 Å². The molecule has 2 rings (SSSR count). The van der Waals surface area contributed by atoms with Gasteiger partial charge in [-0.25, -0.2) is 4.39 Å². The molecule has 1 aliphatic rings. The van der Waals surface area contributed by atoms with E-state index in [1.807, 2.05) is 4.90 Å². The molecule has 1 fully saturated rings. The molecule has 1 saturated heterocycles. The first kappa shape index (κ1) is 20.4. The lowest BCUT2D eigenvalue weighted by atomic mass is 10.1. The standard InChI is InChI=1S/C20H30FN3O2/c1-4-8-23(9-5-2)19(25)15-22-10-12-24(13-11-22)20(26)17-7-6-16(3)18(21)14-17/h6-7,14H,4-5,8-13,15H2,1-3H3. The highest BCUT2D eigenvalue weighted by Gasteiger charge is 2.24. The summed E-state index contributed by atoms with van der Waals surface area (Å²) < 4.78 is 13.7. The van der Waals surface area contributed by atoms with E-state index in [1.165, 1.54) is 6.07 Å². The lowest BCUT2D eigenvalue weighted by Crippen LogP contribution is -2.51. The molecule has 0 aromatic heterocycles. The Morgan fingerprint density at radius 1 is 1.08 bits per heavy atom. The number of hydrogen-bond donors (Lipinski definition) is 0. The van der Waals surface area contributed by atoms with Gasteiger partial charge in [-0.05, 0) is 37.5 Å². The number of benzene rings is 1. The van der Waals surface area contributed by atoms with Gasteiger partial charge in [-0.1, -0.05) is 19.9 Å².